The molecule has 0 aliphatic heterocycles. The van der Waals surface area contributed by atoms with E-state index in [-0.39, 0.29) is 36.6 Å². The van der Waals surface area contributed by atoms with E-state index >= 15 is 0 Å². The molecule has 0 saturated heterocycles. The van der Waals surface area contributed by atoms with Crippen molar-refractivity contribution in [3.05, 3.63) is 12.2 Å². The van der Waals surface area contributed by atoms with Crippen LogP contribution in [0.25, 0.3) is 0 Å². The van der Waals surface area contributed by atoms with Crippen LogP contribution in [-0.4, -0.2) is 22.0 Å². The summed E-state index contributed by atoms with van der Waals surface area (Å²) in [6, 6.07) is 0. The maximum absolute atomic E-state index is 10.8. The molecule has 1 unspecified atom stereocenters. The zero-order chi connectivity index (χ0) is 10.6. The van der Waals surface area contributed by atoms with Crippen molar-refractivity contribution in [2.24, 2.45) is 0 Å². The molecule has 78 valence electrons. The SMILES string of the molecule is C=C(C)C(=O)OC(C)OP(=O)(O)O.[H-].[Na+]. The molecule has 0 heterocycles. The number of rotatable bonds is 4. The molecule has 8 heteroatoms. The Morgan fingerprint density at radius 1 is 1.57 bits per heavy atom. The molecular weight excluding hydrogens is 222 g/mol. The van der Waals surface area contributed by atoms with Crippen molar-refractivity contribution in [3.8, 4) is 0 Å². The summed E-state index contributed by atoms with van der Waals surface area (Å²) >= 11 is 0. The fourth-order valence-electron chi connectivity index (χ4n) is 0.466. The van der Waals surface area contributed by atoms with Gasteiger partial charge in [-0.15, -0.1) is 0 Å². The van der Waals surface area contributed by atoms with Gasteiger partial charge in [-0.05, 0) is 13.8 Å². The van der Waals surface area contributed by atoms with Gasteiger partial charge in [0.2, 0.25) is 6.29 Å². The number of hydrogen-bond donors (Lipinski definition) is 2. The summed E-state index contributed by atoms with van der Waals surface area (Å²) in [4.78, 5) is 27.4. The Kier molecular flexibility index (Phi) is 8.06. The van der Waals surface area contributed by atoms with Crippen molar-refractivity contribution in [2.75, 3.05) is 0 Å². The smallest absolute Gasteiger partial charge is 1.00 e. The molecule has 0 radical (unpaired) electrons. The number of carbonyl (C=O) groups is 1. The van der Waals surface area contributed by atoms with Crippen molar-refractivity contribution >= 4 is 13.8 Å². The summed E-state index contributed by atoms with van der Waals surface area (Å²) in [6.07, 6.45) is -1.30. The van der Waals surface area contributed by atoms with Gasteiger partial charge in [0.05, 0.1) is 0 Å². The van der Waals surface area contributed by atoms with Crippen molar-refractivity contribution in [3.63, 3.8) is 0 Å². The van der Waals surface area contributed by atoms with Crippen molar-refractivity contribution in [1.82, 2.24) is 0 Å². The van der Waals surface area contributed by atoms with Crippen LogP contribution in [0, 0.1) is 0 Å². The zero-order valence-corrected chi connectivity index (χ0v) is 11.2. The summed E-state index contributed by atoms with van der Waals surface area (Å²) < 4.78 is 18.7. The minimum Gasteiger partial charge on any atom is -1.00 e. The Balaban J connectivity index is -0.000000720. The number of carbonyl (C=O) groups excluding carboxylic acids is 1. The fourth-order valence-corrected chi connectivity index (χ4v) is 0.896. The molecular formula is C6H12NaO6P. The first kappa shape index (κ1) is 16.7. The summed E-state index contributed by atoms with van der Waals surface area (Å²) in [5.41, 5.74) is 0.126. The Morgan fingerprint density at radius 2 is 2.00 bits per heavy atom. The molecule has 0 aliphatic rings. The minimum absolute atomic E-state index is 0. The Morgan fingerprint density at radius 3 is 2.29 bits per heavy atom. The van der Waals surface area contributed by atoms with Gasteiger partial charge in [-0.1, -0.05) is 6.58 Å². The van der Waals surface area contributed by atoms with E-state index < -0.39 is 20.1 Å². The number of phosphoric ester groups is 1. The molecule has 0 amide bonds. The normalized spacial score (nSPS) is 12.6. The summed E-state index contributed by atoms with van der Waals surface area (Å²) in [6.45, 7) is 5.88. The van der Waals surface area contributed by atoms with Gasteiger partial charge in [0, 0.05) is 5.57 Å². The summed E-state index contributed by atoms with van der Waals surface area (Å²) in [5.74, 6) is -0.763. The van der Waals surface area contributed by atoms with Crippen LogP contribution in [0.5, 0.6) is 0 Å². The van der Waals surface area contributed by atoms with Crippen LogP contribution in [0.2, 0.25) is 0 Å². The number of hydrogen-bond acceptors (Lipinski definition) is 4. The Labute approximate surface area is 105 Å². The third-order valence-corrected chi connectivity index (χ3v) is 1.48. The van der Waals surface area contributed by atoms with E-state index in [4.69, 9.17) is 9.79 Å². The molecule has 0 aromatic heterocycles. The third-order valence-electron chi connectivity index (χ3n) is 0.907. The maximum Gasteiger partial charge on any atom is 1.00 e. The van der Waals surface area contributed by atoms with E-state index in [1.54, 1.807) is 0 Å². The van der Waals surface area contributed by atoms with Gasteiger partial charge in [0.1, 0.15) is 0 Å². The van der Waals surface area contributed by atoms with E-state index in [0.29, 0.717) is 0 Å². The Hall–Kier alpha value is 0.320. The number of esters is 1. The van der Waals surface area contributed by atoms with Gasteiger partial charge in [-0.3, -0.25) is 0 Å². The zero-order valence-electron chi connectivity index (χ0n) is 9.26. The van der Waals surface area contributed by atoms with Crippen LogP contribution in [0.15, 0.2) is 12.2 Å². The summed E-state index contributed by atoms with van der Waals surface area (Å²) in [5, 5.41) is 0. The second kappa shape index (κ2) is 6.74. The predicted molar refractivity (Wildman–Crippen MR) is 44.6 cm³/mol. The first-order valence-corrected chi connectivity index (χ1v) is 4.86. The van der Waals surface area contributed by atoms with Crippen LogP contribution in [0.4, 0.5) is 0 Å². The molecule has 0 spiro atoms. The van der Waals surface area contributed by atoms with Crippen molar-refractivity contribution in [1.29, 1.82) is 0 Å². The fraction of sp³-hybridized carbons (Fsp3) is 0.500. The van der Waals surface area contributed by atoms with E-state index in [9.17, 15) is 9.36 Å². The van der Waals surface area contributed by atoms with Crippen LogP contribution >= 0.6 is 7.82 Å². The quantitative estimate of drug-likeness (QED) is 0.186. The molecule has 0 fully saturated rings. The standard InChI is InChI=1S/C6H11O6P.Na.H/c1-4(2)6(7)11-5(3)12-13(8,9)10;;/h5H,1H2,2-3H3,(H2,8,9,10);;/q;+1;-1. The van der Waals surface area contributed by atoms with E-state index in [0.717, 1.165) is 0 Å². The van der Waals surface area contributed by atoms with Crippen molar-refractivity contribution in [2.45, 2.75) is 20.1 Å². The van der Waals surface area contributed by atoms with Crippen LogP contribution in [0.3, 0.4) is 0 Å². The molecule has 1 atom stereocenters. The summed E-state index contributed by atoms with van der Waals surface area (Å²) in [7, 11) is -4.62. The van der Waals surface area contributed by atoms with E-state index in [1.807, 2.05) is 0 Å². The minimum atomic E-state index is -4.62. The molecule has 6 nitrogen and oxygen atoms in total. The number of phosphoric acid groups is 1. The number of ether oxygens (including phenoxy) is 1. The van der Waals surface area contributed by atoms with Crippen LogP contribution < -0.4 is 29.6 Å². The van der Waals surface area contributed by atoms with Gasteiger partial charge >= 0.3 is 43.3 Å². The second-order valence-corrected chi connectivity index (χ2v) is 3.54. The maximum atomic E-state index is 10.8. The van der Waals surface area contributed by atoms with Gasteiger partial charge in [-0.25, -0.2) is 13.9 Å². The van der Waals surface area contributed by atoms with Gasteiger partial charge in [0.25, 0.3) is 0 Å². The van der Waals surface area contributed by atoms with Gasteiger partial charge in [0.15, 0.2) is 0 Å². The first-order chi connectivity index (χ1) is 5.72. The monoisotopic (exact) mass is 234 g/mol. The predicted octanol–water partition coefficient (Wildman–Crippen LogP) is -2.32. The Bertz CT molecular complexity index is 264. The largest absolute Gasteiger partial charge is 1.00 e. The van der Waals surface area contributed by atoms with E-state index in [1.165, 1.54) is 13.8 Å². The molecule has 0 saturated carbocycles. The molecule has 14 heavy (non-hydrogen) atoms. The molecule has 0 aromatic rings. The first-order valence-electron chi connectivity index (χ1n) is 3.33. The average molecular weight is 234 g/mol. The van der Waals surface area contributed by atoms with Gasteiger partial charge < -0.3 is 16.0 Å². The molecule has 2 N–H and O–H groups in total. The molecule has 0 aromatic carbocycles. The van der Waals surface area contributed by atoms with E-state index in [2.05, 4.69) is 15.8 Å². The van der Waals surface area contributed by atoms with Crippen LogP contribution in [0.1, 0.15) is 15.3 Å². The third kappa shape index (κ3) is 8.90. The second-order valence-electron chi connectivity index (χ2n) is 2.35. The van der Waals surface area contributed by atoms with Crippen molar-refractivity contribution < 1.29 is 59.4 Å². The average Bonchev–Trinajstić information content (AvgIpc) is 1.81. The van der Waals surface area contributed by atoms with Crippen LogP contribution in [-0.2, 0) is 18.6 Å². The molecule has 0 rings (SSSR count). The molecule has 0 aliphatic carbocycles. The van der Waals surface area contributed by atoms with Gasteiger partial charge in [-0.2, -0.15) is 0 Å². The topological polar surface area (TPSA) is 93.1 Å². The molecule has 0 bridgehead atoms.